The number of rotatable bonds is 3. The predicted molar refractivity (Wildman–Crippen MR) is 83.9 cm³/mol. The van der Waals surface area contributed by atoms with Crippen LogP contribution in [0.3, 0.4) is 0 Å². The van der Waals surface area contributed by atoms with Crippen LogP contribution in [-0.4, -0.2) is 14.3 Å². The van der Waals surface area contributed by atoms with Crippen molar-refractivity contribution in [3.63, 3.8) is 0 Å². The van der Waals surface area contributed by atoms with E-state index in [4.69, 9.17) is 5.26 Å². The minimum Gasteiger partial charge on any atom is -0.344 e. The van der Waals surface area contributed by atoms with Gasteiger partial charge in [-0.05, 0) is 26.8 Å². The van der Waals surface area contributed by atoms with Crippen molar-refractivity contribution in [3.05, 3.63) is 42.2 Å². The van der Waals surface area contributed by atoms with Gasteiger partial charge in [0.2, 0.25) is 0 Å². The molecule has 0 saturated heterocycles. The van der Waals surface area contributed by atoms with E-state index in [1.165, 1.54) is 10.9 Å². The summed E-state index contributed by atoms with van der Waals surface area (Å²) in [7, 11) is 0. The Hall–Kier alpha value is -2.54. The van der Waals surface area contributed by atoms with Gasteiger partial charge >= 0.3 is 0 Å². The van der Waals surface area contributed by atoms with E-state index in [-0.39, 0.29) is 0 Å². The molecule has 0 amide bonds. The lowest BCUT2D eigenvalue weighted by atomic mass is 10.1. The zero-order valence-corrected chi connectivity index (χ0v) is 12.5. The van der Waals surface area contributed by atoms with Crippen LogP contribution in [0, 0.1) is 11.3 Å². The molecular weight excluding hydrogens is 260 g/mol. The van der Waals surface area contributed by atoms with Gasteiger partial charge in [-0.25, -0.2) is 0 Å². The van der Waals surface area contributed by atoms with Gasteiger partial charge in [-0.3, -0.25) is 4.68 Å². The molecule has 2 heterocycles. The SMILES string of the molecule is CCn1nc(C#N)cc1-c1cn(C(C)C)c2ccccc12. The second kappa shape index (κ2) is 5.10. The van der Waals surface area contributed by atoms with E-state index in [1.807, 2.05) is 23.7 Å². The van der Waals surface area contributed by atoms with Crippen LogP contribution in [0.1, 0.15) is 32.5 Å². The van der Waals surface area contributed by atoms with Gasteiger partial charge in [0, 0.05) is 41.3 Å². The molecule has 0 spiro atoms. The number of hydrogen-bond acceptors (Lipinski definition) is 2. The molecular formula is C17H18N4. The molecule has 4 nitrogen and oxygen atoms in total. The molecule has 21 heavy (non-hydrogen) atoms. The van der Waals surface area contributed by atoms with Gasteiger partial charge in [-0.1, -0.05) is 18.2 Å². The highest BCUT2D eigenvalue weighted by Crippen LogP contribution is 2.32. The van der Waals surface area contributed by atoms with Gasteiger partial charge in [-0.2, -0.15) is 10.4 Å². The smallest absolute Gasteiger partial charge is 0.163 e. The van der Waals surface area contributed by atoms with Crippen LogP contribution in [0.25, 0.3) is 22.2 Å². The van der Waals surface area contributed by atoms with Gasteiger partial charge in [-0.15, -0.1) is 0 Å². The first-order chi connectivity index (χ1) is 10.2. The largest absolute Gasteiger partial charge is 0.344 e. The quantitative estimate of drug-likeness (QED) is 0.727. The molecule has 4 heteroatoms. The van der Waals surface area contributed by atoms with Crippen molar-refractivity contribution in [1.82, 2.24) is 14.3 Å². The summed E-state index contributed by atoms with van der Waals surface area (Å²) in [4.78, 5) is 0. The standard InChI is InChI=1S/C17H18N4/c1-4-21-17(9-13(10-18)19-21)15-11-20(12(2)3)16-8-6-5-7-14(15)16/h5-9,11-12H,4H2,1-3H3. The molecule has 3 rings (SSSR count). The number of aromatic nitrogens is 3. The summed E-state index contributed by atoms with van der Waals surface area (Å²) in [6.07, 6.45) is 2.17. The first kappa shape index (κ1) is 13.4. The number of benzene rings is 1. The van der Waals surface area contributed by atoms with Gasteiger partial charge < -0.3 is 4.57 Å². The molecule has 1 aromatic carbocycles. The van der Waals surface area contributed by atoms with Crippen LogP contribution in [0.15, 0.2) is 36.5 Å². The molecule has 0 aliphatic carbocycles. The van der Waals surface area contributed by atoms with Gasteiger partial charge in [0.05, 0.1) is 5.69 Å². The van der Waals surface area contributed by atoms with Crippen molar-refractivity contribution in [2.45, 2.75) is 33.4 Å². The Balaban J connectivity index is 2.31. The fourth-order valence-corrected chi connectivity index (χ4v) is 2.77. The lowest BCUT2D eigenvalue weighted by Gasteiger charge is -2.08. The molecule has 0 saturated carbocycles. The maximum atomic E-state index is 9.09. The molecule has 0 atom stereocenters. The maximum absolute atomic E-state index is 9.09. The van der Waals surface area contributed by atoms with E-state index >= 15 is 0 Å². The number of fused-ring (bicyclic) bond motifs is 1. The highest BCUT2D eigenvalue weighted by molar-refractivity contribution is 5.95. The number of nitriles is 1. The fourth-order valence-electron chi connectivity index (χ4n) is 2.77. The van der Waals surface area contributed by atoms with E-state index in [0.717, 1.165) is 17.8 Å². The third-order valence-corrected chi connectivity index (χ3v) is 3.77. The highest BCUT2D eigenvalue weighted by Gasteiger charge is 2.16. The summed E-state index contributed by atoms with van der Waals surface area (Å²) in [5.74, 6) is 0. The van der Waals surface area contributed by atoms with Crippen molar-refractivity contribution in [2.24, 2.45) is 0 Å². The van der Waals surface area contributed by atoms with Crippen LogP contribution in [0.4, 0.5) is 0 Å². The van der Waals surface area contributed by atoms with E-state index in [1.54, 1.807) is 0 Å². The van der Waals surface area contributed by atoms with E-state index in [0.29, 0.717) is 11.7 Å². The first-order valence-electron chi connectivity index (χ1n) is 7.23. The molecule has 2 aromatic heterocycles. The Kier molecular flexibility index (Phi) is 3.26. The Bertz CT molecular complexity index is 830. The number of para-hydroxylation sites is 1. The van der Waals surface area contributed by atoms with Gasteiger partial charge in [0.1, 0.15) is 6.07 Å². The molecule has 3 aromatic rings. The van der Waals surface area contributed by atoms with Gasteiger partial charge in [0.25, 0.3) is 0 Å². The third-order valence-electron chi connectivity index (χ3n) is 3.77. The Labute approximate surface area is 124 Å². The molecule has 0 fully saturated rings. The first-order valence-corrected chi connectivity index (χ1v) is 7.23. The Morgan fingerprint density at radius 3 is 2.71 bits per heavy atom. The molecule has 0 bridgehead atoms. The number of nitrogens with zero attached hydrogens (tertiary/aromatic N) is 4. The summed E-state index contributed by atoms with van der Waals surface area (Å²) < 4.78 is 4.16. The van der Waals surface area contributed by atoms with Crippen LogP contribution in [0.2, 0.25) is 0 Å². The normalized spacial score (nSPS) is 11.2. The average Bonchev–Trinajstić information content (AvgIpc) is 3.07. The molecule has 0 aliphatic rings. The fraction of sp³-hybridized carbons (Fsp3) is 0.294. The van der Waals surface area contributed by atoms with Gasteiger partial charge in [0.15, 0.2) is 5.69 Å². The van der Waals surface area contributed by atoms with Crippen molar-refractivity contribution < 1.29 is 0 Å². The minimum absolute atomic E-state index is 0.386. The second-order valence-electron chi connectivity index (χ2n) is 5.40. The molecule has 0 unspecified atom stereocenters. The van der Waals surface area contributed by atoms with Crippen molar-refractivity contribution in [1.29, 1.82) is 5.26 Å². The van der Waals surface area contributed by atoms with Crippen LogP contribution in [-0.2, 0) is 6.54 Å². The topological polar surface area (TPSA) is 46.5 Å². The summed E-state index contributed by atoms with van der Waals surface area (Å²) in [5, 5.41) is 14.6. The van der Waals surface area contributed by atoms with Crippen LogP contribution in [0.5, 0.6) is 0 Å². The Morgan fingerprint density at radius 1 is 1.29 bits per heavy atom. The minimum atomic E-state index is 0.386. The summed E-state index contributed by atoms with van der Waals surface area (Å²) in [6, 6.07) is 12.8. The summed E-state index contributed by atoms with van der Waals surface area (Å²) in [6.45, 7) is 7.14. The molecule has 0 aliphatic heterocycles. The van der Waals surface area contributed by atoms with E-state index in [9.17, 15) is 0 Å². The van der Waals surface area contributed by atoms with Crippen LogP contribution >= 0.6 is 0 Å². The summed E-state index contributed by atoms with van der Waals surface area (Å²) in [5.41, 5.74) is 3.82. The van der Waals surface area contributed by atoms with Crippen molar-refractivity contribution >= 4 is 10.9 Å². The zero-order chi connectivity index (χ0) is 15.0. The maximum Gasteiger partial charge on any atom is 0.163 e. The summed E-state index contributed by atoms with van der Waals surface area (Å²) >= 11 is 0. The average molecular weight is 278 g/mol. The number of hydrogen-bond donors (Lipinski definition) is 0. The number of aryl methyl sites for hydroxylation is 1. The van der Waals surface area contributed by atoms with E-state index < -0.39 is 0 Å². The zero-order valence-electron chi connectivity index (χ0n) is 12.5. The van der Waals surface area contributed by atoms with Crippen molar-refractivity contribution in [2.75, 3.05) is 0 Å². The lowest BCUT2D eigenvalue weighted by molar-refractivity contribution is 0.622. The second-order valence-corrected chi connectivity index (χ2v) is 5.40. The Morgan fingerprint density at radius 2 is 2.05 bits per heavy atom. The highest BCUT2D eigenvalue weighted by atomic mass is 15.3. The van der Waals surface area contributed by atoms with E-state index in [2.05, 4.69) is 54.0 Å². The molecule has 0 radical (unpaired) electrons. The lowest BCUT2D eigenvalue weighted by Crippen LogP contribution is -1.99. The molecule has 106 valence electrons. The molecule has 0 N–H and O–H groups in total. The van der Waals surface area contributed by atoms with Crippen LogP contribution < -0.4 is 0 Å². The third kappa shape index (κ3) is 2.11. The van der Waals surface area contributed by atoms with Crippen molar-refractivity contribution in [3.8, 4) is 17.3 Å². The predicted octanol–water partition coefficient (Wildman–Crippen LogP) is 3.98. The monoisotopic (exact) mass is 278 g/mol.